The van der Waals surface area contributed by atoms with Crippen LogP contribution in [-0.4, -0.2) is 54.0 Å². The molecular formula is C12H24N2O3. The molecule has 0 unspecified atom stereocenters. The Labute approximate surface area is 103 Å². The summed E-state index contributed by atoms with van der Waals surface area (Å²) in [6, 6.07) is 0.130. The number of aliphatic hydroxyl groups excluding tert-OH is 1. The molecule has 1 rings (SSSR count). The molecule has 5 nitrogen and oxygen atoms in total. The van der Waals surface area contributed by atoms with E-state index in [9.17, 15) is 4.79 Å². The number of hydrogen-bond donors (Lipinski definition) is 2. The van der Waals surface area contributed by atoms with Gasteiger partial charge in [-0.2, -0.15) is 0 Å². The number of carbonyl (C=O) groups excluding carboxylic acids is 1. The molecule has 1 aliphatic rings. The molecule has 0 aliphatic carbocycles. The van der Waals surface area contributed by atoms with E-state index in [0.29, 0.717) is 6.54 Å². The smallest absolute Gasteiger partial charge is 0.410 e. The summed E-state index contributed by atoms with van der Waals surface area (Å²) in [6.07, 6.45) is 1.68. The molecule has 1 aliphatic heterocycles. The Morgan fingerprint density at radius 3 is 2.71 bits per heavy atom. The largest absolute Gasteiger partial charge is 0.444 e. The van der Waals surface area contributed by atoms with Gasteiger partial charge in [0.15, 0.2) is 0 Å². The summed E-state index contributed by atoms with van der Waals surface area (Å²) in [5.74, 6) is 0. The number of amides is 1. The minimum absolute atomic E-state index is 0.0320. The van der Waals surface area contributed by atoms with E-state index in [1.807, 2.05) is 20.8 Å². The van der Waals surface area contributed by atoms with Crippen LogP contribution in [0.25, 0.3) is 0 Å². The Morgan fingerprint density at radius 1 is 1.53 bits per heavy atom. The Kier molecular flexibility index (Phi) is 5.21. The maximum absolute atomic E-state index is 12.0. The SMILES string of the molecule is CC(C)(C)OC(=O)N(CCO)[C@H]1CCCNC1. The molecule has 1 atom stereocenters. The van der Waals surface area contributed by atoms with Gasteiger partial charge in [-0.25, -0.2) is 4.79 Å². The van der Waals surface area contributed by atoms with E-state index in [-0.39, 0.29) is 18.7 Å². The monoisotopic (exact) mass is 244 g/mol. The predicted molar refractivity (Wildman–Crippen MR) is 65.9 cm³/mol. The second-order valence-corrected chi connectivity index (χ2v) is 5.40. The molecule has 2 N–H and O–H groups in total. The van der Waals surface area contributed by atoms with Crippen LogP contribution in [-0.2, 0) is 4.74 Å². The van der Waals surface area contributed by atoms with Crippen molar-refractivity contribution in [3.05, 3.63) is 0 Å². The topological polar surface area (TPSA) is 61.8 Å². The lowest BCUT2D eigenvalue weighted by Crippen LogP contribution is -2.51. The van der Waals surface area contributed by atoms with Gasteiger partial charge in [0, 0.05) is 19.1 Å². The summed E-state index contributed by atoms with van der Waals surface area (Å²) in [5, 5.41) is 12.3. The Morgan fingerprint density at radius 2 is 2.24 bits per heavy atom. The molecule has 1 amide bonds. The molecule has 0 aromatic carbocycles. The zero-order valence-corrected chi connectivity index (χ0v) is 11.0. The minimum atomic E-state index is -0.493. The van der Waals surface area contributed by atoms with Crippen molar-refractivity contribution in [3.63, 3.8) is 0 Å². The van der Waals surface area contributed by atoms with Gasteiger partial charge in [0.25, 0.3) is 0 Å². The van der Waals surface area contributed by atoms with Gasteiger partial charge < -0.3 is 20.1 Å². The number of aliphatic hydroxyl groups is 1. The van der Waals surface area contributed by atoms with Crippen molar-refractivity contribution in [3.8, 4) is 0 Å². The predicted octanol–water partition coefficient (Wildman–Crippen LogP) is 0.968. The number of nitrogens with zero attached hydrogens (tertiary/aromatic N) is 1. The van der Waals surface area contributed by atoms with Crippen molar-refractivity contribution in [2.45, 2.75) is 45.3 Å². The summed E-state index contributed by atoms with van der Waals surface area (Å²) >= 11 is 0. The molecule has 1 fully saturated rings. The van der Waals surface area contributed by atoms with E-state index >= 15 is 0 Å². The first kappa shape index (κ1) is 14.3. The van der Waals surface area contributed by atoms with Crippen molar-refractivity contribution >= 4 is 6.09 Å². The Hall–Kier alpha value is -0.810. The lowest BCUT2D eigenvalue weighted by Gasteiger charge is -2.35. The van der Waals surface area contributed by atoms with Crippen LogP contribution in [0, 0.1) is 0 Å². The maximum Gasteiger partial charge on any atom is 0.410 e. The molecule has 1 saturated heterocycles. The average molecular weight is 244 g/mol. The molecule has 17 heavy (non-hydrogen) atoms. The fourth-order valence-electron chi connectivity index (χ4n) is 1.95. The number of carbonyl (C=O) groups is 1. The third-order valence-corrected chi connectivity index (χ3v) is 2.68. The van der Waals surface area contributed by atoms with Crippen LogP contribution in [0.5, 0.6) is 0 Å². The van der Waals surface area contributed by atoms with Crippen LogP contribution in [0.3, 0.4) is 0 Å². The van der Waals surface area contributed by atoms with Gasteiger partial charge in [-0.1, -0.05) is 0 Å². The molecule has 100 valence electrons. The highest BCUT2D eigenvalue weighted by atomic mass is 16.6. The summed E-state index contributed by atoms with van der Waals surface area (Å²) in [6.45, 7) is 7.62. The lowest BCUT2D eigenvalue weighted by molar-refractivity contribution is 0.00976. The first-order valence-electron chi connectivity index (χ1n) is 6.25. The van der Waals surface area contributed by atoms with Crippen LogP contribution >= 0.6 is 0 Å². The van der Waals surface area contributed by atoms with Gasteiger partial charge in [-0.05, 0) is 40.2 Å². The van der Waals surface area contributed by atoms with Crippen molar-refractivity contribution in [2.75, 3.05) is 26.2 Å². The molecule has 0 radical (unpaired) electrons. The van der Waals surface area contributed by atoms with Crippen molar-refractivity contribution in [2.24, 2.45) is 0 Å². The van der Waals surface area contributed by atoms with Crippen LogP contribution in [0.2, 0.25) is 0 Å². The molecular weight excluding hydrogens is 220 g/mol. The van der Waals surface area contributed by atoms with E-state index in [2.05, 4.69) is 5.32 Å². The van der Waals surface area contributed by atoms with Crippen molar-refractivity contribution < 1.29 is 14.6 Å². The van der Waals surface area contributed by atoms with Crippen LogP contribution in [0.4, 0.5) is 4.79 Å². The van der Waals surface area contributed by atoms with E-state index in [1.165, 1.54) is 0 Å². The Balaban J connectivity index is 2.60. The first-order valence-corrected chi connectivity index (χ1v) is 6.25. The number of hydrogen-bond acceptors (Lipinski definition) is 4. The van der Waals surface area contributed by atoms with E-state index < -0.39 is 5.60 Å². The van der Waals surface area contributed by atoms with E-state index in [1.54, 1.807) is 4.90 Å². The minimum Gasteiger partial charge on any atom is -0.444 e. The molecule has 0 aromatic heterocycles. The summed E-state index contributed by atoms with van der Waals surface area (Å²) < 4.78 is 5.35. The van der Waals surface area contributed by atoms with Crippen molar-refractivity contribution in [1.29, 1.82) is 0 Å². The van der Waals surface area contributed by atoms with Crippen LogP contribution in [0.15, 0.2) is 0 Å². The lowest BCUT2D eigenvalue weighted by atomic mass is 10.1. The van der Waals surface area contributed by atoms with E-state index in [0.717, 1.165) is 25.9 Å². The number of nitrogens with one attached hydrogen (secondary N) is 1. The molecule has 0 saturated carbocycles. The van der Waals surface area contributed by atoms with Crippen molar-refractivity contribution in [1.82, 2.24) is 10.2 Å². The zero-order chi connectivity index (χ0) is 12.9. The average Bonchev–Trinajstić information content (AvgIpc) is 2.24. The fourth-order valence-corrected chi connectivity index (χ4v) is 1.95. The standard InChI is InChI=1S/C12H24N2O3/c1-12(2,3)17-11(16)14(7-8-15)10-5-4-6-13-9-10/h10,13,15H,4-9H2,1-3H3/t10-/m0/s1. The van der Waals surface area contributed by atoms with Gasteiger partial charge in [-0.3, -0.25) is 0 Å². The van der Waals surface area contributed by atoms with Gasteiger partial charge >= 0.3 is 6.09 Å². The highest BCUT2D eigenvalue weighted by Gasteiger charge is 2.28. The molecule has 0 bridgehead atoms. The summed E-state index contributed by atoms with van der Waals surface area (Å²) in [5.41, 5.74) is -0.493. The number of rotatable bonds is 3. The van der Waals surface area contributed by atoms with Crippen LogP contribution in [0.1, 0.15) is 33.6 Å². The molecule has 5 heteroatoms. The second-order valence-electron chi connectivity index (χ2n) is 5.40. The summed E-state index contributed by atoms with van der Waals surface area (Å²) in [4.78, 5) is 13.6. The maximum atomic E-state index is 12.0. The Bertz CT molecular complexity index is 245. The summed E-state index contributed by atoms with van der Waals surface area (Å²) in [7, 11) is 0. The van der Waals surface area contributed by atoms with Gasteiger partial charge in [0.2, 0.25) is 0 Å². The zero-order valence-electron chi connectivity index (χ0n) is 11.0. The van der Waals surface area contributed by atoms with Gasteiger partial charge in [0.1, 0.15) is 5.60 Å². The number of ether oxygens (including phenoxy) is 1. The molecule has 0 spiro atoms. The second kappa shape index (κ2) is 6.21. The van der Waals surface area contributed by atoms with Crippen LogP contribution < -0.4 is 5.32 Å². The number of piperidine rings is 1. The molecule has 0 aromatic rings. The first-order chi connectivity index (χ1) is 7.94. The van der Waals surface area contributed by atoms with Gasteiger partial charge in [-0.15, -0.1) is 0 Å². The van der Waals surface area contributed by atoms with E-state index in [4.69, 9.17) is 9.84 Å². The normalized spacial score (nSPS) is 21.1. The quantitative estimate of drug-likeness (QED) is 0.776. The fraction of sp³-hybridized carbons (Fsp3) is 0.917. The third kappa shape index (κ3) is 4.91. The highest BCUT2D eigenvalue weighted by Crippen LogP contribution is 2.15. The highest BCUT2D eigenvalue weighted by molar-refractivity contribution is 5.68. The molecule has 1 heterocycles. The van der Waals surface area contributed by atoms with Gasteiger partial charge in [0.05, 0.1) is 6.61 Å². The third-order valence-electron chi connectivity index (χ3n) is 2.68.